The van der Waals surface area contributed by atoms with Crippen LogP contribution in [0, 0.1) is 0 Å². The van der Waals surface area contributed by atoms with E-state index in [4.69, 9.17) is 9.47 Å². The zero-order chi connectivity index (χ0) is 20.2. The van der Waals surface area contributed by atoms with Crippen LogP contribution in [0.25, 0.3) is 11.0 Å². The Bertz CT molecular complexity index is 1110. The predicted octanol–water partition coefficient (Wildman–Crippen LogP) is 4.10. The number of amides is 1. The van der Waals surface area contributed by atoms with E-state index in [-0.39, 0.29) is 5.91 Å². The summed E-state index contributed by atoms with van der Waals surface area (Å²) in [6, 6.07) is 22.2. The van der Waals surface area contributed by atoms with Crippen molar-refractivity contribution in [2.75, 3.05) is 14.2 Å². The number of para-hydroxylation sites is 2. The molecule has 1 aromatic heterocycles. The Labute approximate surface area is 168 Å². The highest BCUT2D eigenvalue weighted by molar-refractivity contribution is 5.95. The summed E-state index contributed by atoms with van der Waals surface area (Å²) in [6.07, 6.45) is 0. The fourth-order valence-electron chi connectivity index (χ4n) is 3.26. The number of methoxy groups -OCH3 is 2. The van der Waals surface area contributed by atoms with Crippen LogP contribution >= 0.6 is 0 Å². The quantitative estimate of drug-likeness (QED) is 0.522. The smallest absolute Gasteiger partial charge is 0.252 e. The van der Waals surface area contributed by atoms with Gasteiger partial charge in [-0.2, -0.15) is 0 Å². The molecule has 0 radical (unpaired) electrons. The van der Waals surface area contributed by atoms with Crippen molar-refractivity contribution in [2.24, 2.45) is 0 Å². The molecule has 6 nitrogen and oxygen atoms in total. The normalized spacial score (nSPS) is 11.8. The van der Waals surface area contributed by atoms with E-state index in [0.29, 0.717) is 22.9 Å². The van der Waals surface area contributed by atoms with Crippen molar-refractivity contribution in [2.45, 2.75) is 6.04 Å². The number of nitrogens with one attached hydrogen (secondary N) is 2. The van der Waals surface area contributed by atoms with Gasteiger partial charge in [-0.25, -0.2) is 4.98 Å². The van der Waals surface area contributed by atoms with Crippen molar-refractivity contribution in [3.8, 4) is 11.5 Å². The van der Waals surface area contributed by atoms with E-state index in [1.54, 1.807) is 32.4 Å². The fraction of sp³-hybridized carbons (Fsp3) is 0.130. The van der Waals surface area contributed by atoms with Crippen molar-refractivity contribution in [1.29, 1.82) is 0 Å². The lowest BCUT2D eigenvalue weighted by atomic mass is 10.1. The van der Waals surface area contributed by atoms with Crippen LogP contribution in [0.4, 0.5) is 0 Å². The van der Waals surface area contributed by atoms with E-state index in [1.807, 2.05) is 54.6 Å². The number of hydrogen-bond acceptors (Lipinski definition) is 4. The van der Waals surface area contributed by atoms with Gasteiger partial charge in [0.15, 0.2) is 11.5 Å². The van der Waals surface area contributed by atoms with Gasteiger partial charge >= 0.3 is 0 Å². The Balaban J connectivity index is 1.70. The number of aromatic nitrogens is 2. The lowest BCUT2D eigenvalue weighted by molar-refractivity contribution is 0.0941. The molecule has 4 rings (SSSR count). The highest BCUT2D eigenvalue weighted by Gasteiger charge is 2.22. The summed E-state index contributed by atoms with van der Waals surface area (Å²) >= 11 is 0. The molecule has 29 heavy (non-hydrogen) atoms. The first-order chi connectivity index (χ1) is 14.2. The maximum absolute atomic E-state index is 13.0. The van der Waals surface area contributed by atoms with E-state index in [1.165, 1.54) is 0 Å². The molecule has 0 aliphatic heterocycles. The molecule has 1 heterocycles. The Morgan fingerprint density at radius 1 is 0.931 bits per heavy atom. The van der Waals surface area contributed by atoms with Gasteiger partial charge in [-0.3, -0.25) is 4.79 Å². The Kier molecular flexibility index (Phi) is 5.16. The van der Waals surface area contributed by atoms with Gasteiger partial charge < -0.3 is 19.8 Å². The van der Waals surface area contributed by atoms with E-state index in [0.717, 1.165) is 16.6 Å². The van der Waals surface area contributed by atoms with Gasteiger partial charge in [-0.05, 0) is 35.9 Å². The average Bonchev–Trinajstić information content (AvgIpc) is 3.21. The van der Waals surface area contributed by atoms with Crippen LogP contribution in [0.2, 0.25) is 0 Å². The van der Waals surface area contributed by atoms with Gasteiger partial charge in [-0.1, -0.05) is 42.5 Å². The first-order valence-electron chi connectivity index (χ1n) is 9.22. The average molecular weight is 387 g/mol. The van der Waals surface area contributed by atoms with Gasteiger partial charge in [0.1, 0.15) is 11.9 Å². The summed E-state index contributed by atoms with van der Waals surface area (Å²) in [4.78, 5) is 21.0. The number of carbonyl (C=O) groups excluding carboxylic acids is 1. The summed E-state index contributed by atoms with van der Waals surface area (Å²) in [5.74, 6) is 1.51. The van der Waals surface area contributed by atoms with Gasteiger partial charge in [0.2, 0.25) is 0 Å². The molecule has 6 heteroatoms. The summed E-state index contributed by atoms with van der Waals surface area (Å²) in [7, 11) is 3.10. The molecule has 0 bridgehead atoms. The topological polar surface area (TPSA) is 76.2 Å². The second kappa shape index (κ2) is 8.06. The van der Waals surface area contributed by atoms with Crippen LogP contribution in [0.15, 0.2) is 72.8 Å². The number of carbonyl (C=O) groups is 1. The minimum Gasteiger partial charge on any atom is -0.493 e. The van der Waals surface area contributed by atoms with Crippen molar-refractivity contribution in [3.63, 3.8) is 0 Å². The zero-order valence-corrected chi connectivity index (χ0v) is 16.2. The maximum Gasteiger partial charge on any atom is 0.252 e. The molecule has 146 valence electrons. The van der Waals surface area contributed by atoms with Crippen LogP contribution in [-0.4, -0.2) is 30.1 Å². The number of nitrogens with zero attached hydrogens (tertiary/aromatic N) is 1. The lowest BCUT2D eigenvalue weighted by Crippen LogP contribution is -2.30. The Morgan fingerprint density at radius 3 is 2.38 bits per heavy atom. The van der Waals surface area contributed by atoms with Crippen LogP contribution in [0.1, 0.15) is 27.8 Å². The summed E-state index contributed by atoms with van der Waals surface area (Å²) in [6.45, 7) is 0. The third kappa shape index (κ3) is 3.78. The number of ether oxygens (including phenoxy) is 2. The second-order valence-corrected chi connectivity index (χ2v) is 6.53. The molecule has 3 aromatic carbocycles. The van der Waals surface area contributed by atoms with Crippen LogP contribution in [-0.2, 0) is 0 Å². The van der Waals surface area contributed by atoms with E-state index >= 15 is 0 Å². The third-order valence-corrected chi connectivity index (χ3v) is 4.74. The number of hydrogen-bond donors (Lipinski definition) is 2. The fourth-order valence-corrected chi connectivity index (χ4v) is 3.26. The molecular formula is C23H21N3O3. The molecule has 4 aromatic rings. The number of fused-ring (bicyclic) bond motifs is 1. The number of benzene rings is 3. The van der Waals surface area contributed by atoms with Gasteiger partial charge in [-0.15, -0.1) is 0 Å². The van der Waals surface area contributed by atoms with E-state index < -0.39 is 6.04 Å². The SMILES string of the molecule is COc1ccc(C(=O)NC(c2ccccc2)c2nc3ccccc3[nH]2)cc1OC. The van der Waals surface area contributed by atoms with Gasteiger partial charge in [0, 0.05) is 5.56 Å². The molecule has 0 aliphatic carbocycles. The second-order valence-electron chi connectivity index (χ2n) is 6.53. The summed E-state index contributed by atoms with van der Waals surface area (Å²) in [5.41, 5.74) is 3.17. The first-order valence-corrected chi connectivity index (χ1v) is 9.22. The van der Waals surface area contributed by atoms with Crippen molar-refractivity contribution >= 4 is 16.9 Å². The summed E-state index contributed by atoms with van der Waals surface area (Å²) < 4.78 is 10.6. The van der Waals surface area contributed by atoms with Crippen molar-refractivity contribution in [3.05, 3.63) is 89.7 Å². The number of H-pyrrole nitrogens is 1. The zero-order valence-electron chi connectivity index (χ0n) is 16.2. The predicted molar refractivity (Wildman–Crippen MR) is 111 cm³/mol. The first kappa shape index (κ1) is 18.6. The minimum atomic E-state index is -0.427. The molecule has 0 spiro atoms. The third-order valence-electron chi connectivity index (χ3n) is 4.74. The molecule has 1 amide bonds. The van der Waals surface area contributed by atoms with Crippen LogP contribution in [0.3, 0.4) is 0 Å². The van der Waals surface area contributed by atoms with Crippen molar-refractivity contribution in [1.82, 2.24) is 15.3 Å². The number of aromatic amines is 1. The molecule has 0 saturated carbocycles. The van der Waals surface area contributed by atoms with Gasteiger partial charge in [0.05, 0.1) is 25.3 Å². The largest absolute Gasteiger partial charge is 0.493 e. The Morgan fingerprint density at radius 2 is 1.66 bits per heavy atom. The van der Waals surface area contributed by atoms with Crippen molar-refractivity contribution < 1.29 is 14.3 Å². The Hall–Kier alpha value is -3.80. The number of imidazole rings is 1. The van der Waals surface area contributed by atoms with E-state index in [9.17, 15) is 4.79 Å². The maximum atomic E-state index is 13.0. The lowest BCUT2D eigenvalue weighted by Gasteiger charge is -2.18. The minimum absolute atomic E-state index is 0.236. The van der Waals surface area contributed by atoms with E-state index in [2.05, 4.69) is 15.3 Å². The molecule has 0 aliphatic rings. The monoisotopic (exact) mass is 387 g/mol. The molecule has 1 atom stereocenters. The highest BCUT2D eigenvalue weighted by atomic mass is 16.5. The van der Waals surface area contributed by atoms with Crippen LogP contribution in [0.5, 0.6) is 11.5 Å². The van der Waals surface area contributed by atoms with Gasteiger partial charge in [0.25, 0.3) is 5.91 Å². The standard InChI is InChI=1S/C23H21N3O3/c1-28-19-13-12-16(14-20(19)29-2)23(27)26-21(15-8-4-3-5-9-15)22-24-17-10-6-7-11-18(17)25-22/h3-14,21H,1-2H3,(H,24,25)(H,26,27). The summed E-state index contributed by atoms with van der Waals surface area (Å²) in [5, 5.41) is 3.09. The molecule has 2 N–H and O–H groups in total. The molecular weight excluding hydrogens is 366 g/mol. The van der Waals surface area contributed by atoms with Crippen LogP contribution < -0.4 is 14.8 Å². The highest BCUT2D eigenvalue weighted by Crippen LogP contribution is 2.28. The number of rotatable bonds is 6. The molecule has 0 saturated heterocycles. The molecule has 1 unspecified atom stereocenters. The molecule has 0 fully saturated rings.